The molecule has 12 heavy (non-hydrogen) atoms. The van der Waals surface area contributed by atoms with Crippen molar-refractivity contribution in [1.29, 1.82) is 0 Å². The molecule has 0 spiro atoms. The number of aromatic hydroxyl groups is 1. The minimum absolute atomic E-state index is 0.0322. The first-order valence-electron chi connectivity index (χ1n) is 2.75. The molecular formula is C6H3Cl2IO3. The van der Waals surface area contributed by atoms with Gasteiger partial charge < -0.3 is 5.11 Å². The Bertz CT molecular complexity index is 355. The third-order valence-corrected chi connectivity index (χ3v) is 3.98. The summed E-state index contributed by atoms with van der Waals surface area (Å²) in [6, 6.07) is 2.42. The van der Waals surface area contributed by atoms with Gasteiger partial charge in [-0.1, -0.05) is 23.2 Å². The quantitative estimate of drug-likeness (QED) is 0.639. The second-order valence-electron chi connectivity index (χ2n) is 1.94. The van der Waals surface area contributed by atoms with Gasteiger partial charge in [0.25, 0.3) is 0 Å². The maximum atomic E-state index is 10.6. The molecule has 0 amide bonds. The van der Waals surface area contributed by atoms with Crippen LogP contribution in [0.25, 0.3) is 0 Å². The minimum Gasteiger partial charge on any atom is -0.507 e. The summed E-state index contributed by atoms with van der Waals surface area (Å²) < 4.78 is 21.0. The Labute approximate surface area is 85.4 Å². The second-order valence-corrected chi connectivity index (χ2v) is 5.10. The van der Waals surface area contributed by atoms with Gasteiger partial charge in [0.2, 0.25) is 0 Å². The number of hydrogen-bond acceptors (Lipinski definition) is 3. The van der Waals surface area contributed by atoms with E-state index in [4.69, 9.17) is 28.3 Å². The topological polar surface area (TPSA) is 54.4 Å². The predicted octanol–water partition coefficient (Wildman–Crippen LogP) is 3.07. The maximum Gasteiger partial charge on any atom is 0.346 e. The van der Waals surface area contributed by atoms with Gasteiger partial charge >= 0.3 is 19.8 Å². The molecular weight excluding hydrogens is 318 g/mol. The molecule has 0 heterocycles. The third-order valence-electron chi connectivity index (χ3n) is 1.13. The molecule has 1 N–H and O–H groups in total. The number of phenols is 1. The number of phenolic OH excluding ortho intramolecular Hbond substituents is 1. The molecule has 0 atom stereocenters. The molecule has 6 heteroatoms. The van der Waals surface area contributed by atoms with E-state index in [9.17, 15) is 6.14 Å². The van der Waals surface area contributed by atoms with Gasteiger partial charge in [0.15, 0.2) is 0 Å². The van der Waals surface area contributed by atoms with Crippen molar-refractivity contribution in [2.24, 2.45) is 0 Å². The summed E-state index contributed by atoms with van der Waals surface area (Å²) in [5.41, 5.74) is 0. The average molecular weight is 321 g/mol. The molecule has 1 aromatic rings. The van der Waals surface area contributed by atoms with Crippen LogP contribution in [-0.4, -0.2) is 5.11 Å². The molecule has 1 aromatic carbocycles. The molecule has 0 saturated carbocycles. The van der Waals surface area contributed by atoms with E-state index in [2.05, 4.69) is 0 Å². The maximum absolute atomic E-state index is 10.6. The first-order chi connectivity index (χ1) is 5.52. The Kier molecular flexibility index (Phi) is 3.14. The Hall–Kier alpha value is -0.0700. The highest BCUT2D eigenvalue weighted by Gasteiger charge is 2.12. The van der Waals surface area contributed by atoms with Crippen LogP contribution in [0, 0.1) is 3.57 Å². The summed E-state index contributed by atoms with van der Waals surface area (Å²) in [4.78, 5) is 0. The number of halogens is 3. The lowest BCUT2D eigenvalue weighted by Crippen LogP contribution is -1.78. The van der Waals surface area contributed by atoms with Crippen LogP contribution in [0.4, 0.5) is 0 Å². The lowest BCUT2D eigenvalue weighted by atomic mass is 10.3. The predicted molar refractivity (Wildman–Crippen MR) is 52.2 cm³/mol. The first-order valence-corrected chi connectivity index (χ1v) is 6.35. The van der Waals surface area contributed by atoms with E-state index in [1.54, 1.807) is 0 Å². The number of benzene rings is 1. The highest BCUT2D eigenvalue weighted by atomic mass is 127. The zero-order valence-electron chi connectivity index (χ0n) is 5.55. The van der Waals surface area contributed by atoms with E-state index in [0.717, 1.165) is 6.07 Å². The molecule has 0 bridgehead atoms. The Balaban J connectivity index is 3.48. The zero-order chi connectivity index (χ0) is 9.30. The van der Waals surface area contributed by atoms with Gasteiger partial charge in [-0.2, -0.15) is 0 Å². The van der Waals surface area contributed by atoms with Gasteiger partial charge in [0.1, 0.15) is 9.32 Å². The highest BCUT2D eigenvalue weighted by molar-refractivity contribution is 14.2. The highest BCUT2D eigenvalue weighted by Crippen LogP contribution is 2.36. The molecule has 66 valence electrons. The second kappa shape index (κ2) is 3.76. The average Bonchev–Trinajstić information content (AvgIpc) is 1.82. The molecule has 3 nitrogen and oxygen atoms in total. The van der Waals surface area contributed by atoms with Crippen LogP contribution < -0.4 is 0 Å². The molecule has 0 aliphatic heterocycles. The van der Waals surface area contributed by atoms with Crippen LogP contribution in [0.5, 0.6) is 5.75 Å². The summed E-state index contributed by atoms with van der Waals surface area (Å²) in [5.74, 6) is -0.386. The zero-order valence-corrected chi connectivity index (χ0v) is 9.22. The fourth-order valence-corrected chi connectivity index (χ4v) is 2.75. The number of hydrogen-bond donors (Lipinski definition) is 1. The van der Waals surface area contributed by atoms with Crippen molar-refractivity contribution in [3.63, 3.8) is 0 Å². The molecule has 0 radical (unpaired) electrons. The lowest BCUT2D eigenvalue weighted by molar-refractivity contribution is 0.471. The smallest absolute Gasteiger partial charge is 0.346 e. The third kappa shape index (κ3) is 1.99. The summed E-state index contributed by atoms with van der Waals surface area (Å²) in [6.07, 6.45) is 0. The van der Waals surface area contributed by atoms with Crippen LogP contribution in [-0.2, 0) is 6.14 Å². The molecule has 0 aromatic heterocycles. The fourth-order valence-electron chi connectivity index (χ4n) is 0.695. The number of rotatable bonds is 1. The van der Waals surface area contributed by atoms with Crippen LogP contribution in [0.3, 0.4) is 0 Å². The van der Waals surface area contributed by atoms with E-state index in [0.29, 0.717) is 0 Å². The van der Waals surface area contributed by atoms with E-state index >= 15 is 0 Å². The van der Waals surface area contributed by atoms with Gasteiger partial charge in [0.05, 0.1) is 5.02 Å². The van der Waals surface area contributed by atoms with Crippen LogP contribution in [0.15, 0.2) is 12.1 Å². The van der Waals surface area contributed by atoms with Gasteiger partial charge in [0, 0.05) is 5.02 Å². The van der Waals surface area contributed by atoms with E-state index in [-0.39, 0.29) is 19.4 Å². The van der Waals surface area contributed by atoms with Crippen molar-refractivity contribution < 1.29 is 11.2 Å². The summed E-state index contributed by atoms with van der Waals surface area (Å²) >= 11 is 7.29. The molecule has 0 saturated heterocycles. The van der Waals surface area contributed by atoms with Crippen molar-refractivity contribution >= 4 is 43.0 Å². The van der Waals surface area contributed by atoms with Gasteiger partial charge in [-0.25, -0.2) is 6.14 Å². The molecule has 1 rings (SSSR count). The largest absolute Gasteiger partial charge is 0.507 e. The minimum atomic E-state index is -3.73. The van der Waals surface area contributed by atoms with Crippen molar-refractivity contribution in [2.75, 3.05) is 0 Å². The molecule has 0 aliphatic rings. The summed E-state index contributed by atoms with van der Waals surface area (Å²) in [5, 5.41) is 9.29. The van der Waals surface area contributed by atoms with Crippen LogP contribution in [0.2, 0.25) is 10.0 Å². The van der Waals surface area contributed by atoms with Crippen molar-refractivity contribution in [3.05, 3.63) is 25.7 Å². The Morgan fingerprint density at radius 1 is 1.25 bits per heavy atom. The standard InChI is InChI=1S/C6H3Cl2IO3/c7-3-1-4(8)6(9(11)12)5(10)2-3/h1-2,10H. The summed E-state index contributed by atoms with van der Waals surface area (Å²) in [7, 11) is 0. The van der Waals surface area contributed by atoms with Gasteiger partial charge in [-0.05, 0) is 12.1 Å². The van der Waals surface area contributed by atoms with E-state index < -0.39 is 19.8 Å². The normalized spacial score (nSPS) is 10.6. The lowest BCUT2D eigenvalue weighted by Gasteiger charge is -1.98. The van der Waals surface area contributed by atoms with Crippen LogP contribution >= 0.6 is 43.0 Å². The van der Waals surface area contributed by atoms with Crippen molar-refractivity contribution in [1.82, 2.24) is 0 Å². The Morgan fingerprint density at radius 2 is 1.83 bits per heavy atom. The molecule has 0 aliphatic carbocycles. The molecule has 0 unspecified atom stereocenters. The van der Waals surface area contributed by atoms with Gasteiger partial charge in [-0.3, -0.25) is 0 Å². The fraction of sp³-hybridized carbons (Fsp3) is 0. The van der Waals surface area contributed by atoms with Crippen molar-refractivity contribution in [3.8, 4) is 5.75 Å². The van der Waals surface area contributed by atoms with Crippen molar-refractivity contribution in [2.45, 2.75) is 0 Å². The monoisotopic (exact) mass is 320 g/mol. The SMILES string of the molecule is O=I(=O)c1c(O)cc(Cl)cc1Cl. The first kappa shape index (κ1) is 10.0. The van der Waals surface area contributed by atoms with Crippen LogP contribution in [0.1, 0.15) is 0 Å². The van der Waals surface area contributed by atoms with E-state index in [1.165, 1.54) is 6.07 Å². The molecule has 0 fully saturated rings. The summed E-state index contributed by atoms with van der Waals surface area (Å²) in [6.45, 7) is 0. The Morgan fingerprint density at radius 3 is 2.25 bits per heavy atom. The van der Waals surface area contributed by atoms with E-state index in [1.807, 2.05) is 0 Å². The van der Waals surface area contributed by atoms with Gasteiger partial charge in [-0.15, -0.1) is 0 Å².